The van der Waals surface area contributed by atoms with Crippen LogP contribution in [0.5, 0.6) is 0 Å². The van der Waals surface area contributed by atoms with Gasteiger partial charge in [0.15, 0.2) is 12.1 Å². The summed E-state index contributed by atoms with van der Waals surface area (Å²) in [7, 11) is 0. The van der Waals surface area contributed by atoms with Crippen molar-refractivity contribution in [2.75, 3.05) is 17.6 Å². The Morgan fingerprint density at radius 2 is 1.93 bits per heavy atom. The lowest BCUT2D eigenvalue weighted by Crippen LogP contribution is -2.36. The molecule has 1 atom stereocenters. The first-order valence-corrected chi connectivity index (χ1v) is 17.7. The SMILES string of the molecule is CCCI.CCN(Cc1cncc(-c2ccc3c(c2)c(-c2nc4ccccc4[nH]2)nn3C2CCCCO2)c1C)C(=O)OC(C)(C)C. The lowest BCUT2D eigenvalue weighted by Gasteiger charge is -2.27. The van der Waals surface area contributed by atoms with Crippen LogP contribution in [0, 0.1) is 6.92 Å². The summed E-state index contributed by atoms with van der Waals surface area (Å²) in [6.07, 6.45) is 7.70. The molecule has 0 aliphatic carbocycles. The maximum absolute atomic E-state index is 12.8. The van der Waals surface area contributed by atoms with Gasteiger partial charge < -0.3 is 19.4 Å². The van der Waals surface area contributed by atoms with Gasteiger partial charge in [-0.2, -0.15) is 5.10 Å². The molecule has 2 aromatic carbocycles. The number of fused-ring (bicyclic) bond motifs is 2. The molecule has 1 amide bonds. The number of carbonyl (C=O) groups excluding carboxylic acids is 1. The second kappa shape index (κ2) is 14.9. The lowest BCUT2D eigenvalue weighted by molar-refractivity contribution is -0.0365. The molecule has 10 heteroatoms. The summed E-state index contributed by atoms with van der Waals surface area (Å²) in [5, 5.41) is 6.07. The summed E-state index contributed by atoms with van der Waals surface area (Å²) in [5.74, 6) is 0.729. The zero-order valence-electron chi connectivity index (χ0n) is 27.8. The monoisotopic (exact) mass is 736 g/mol. The molecular formula is C36H45IN6O3. The second-order valence-corrected chi connectivity index (χ2v) is 13.7. The Morgan fingerprint density at radius 1 is 1.15 bits per heavy atom. The number of rotatable bonds is 7. The minimum Gasteiger partial charge on any atom is -0.444 e. The lowest BCUT2D eigenvalue weighted by atomic mass is 9.97. The molecule has 5 aromatic rings. The first-order chi connectivity index (χ1) is 22.1. The highest BCUT2D eigenvalue weighted by molar-refractivity contribution is 14.1. The first kappa shape index (κ1) is 33.8. The molecular weight excluding hydrogens is 691 g/mol. The molecule has 1 aliphatic rings. The highest BCUT2D eigenvalue weighted by Crippen LogP contribution is 2.36. The number of para-hydroxylation sites is 2. The zero-order chi connectivity index (χ0) is 32.8. The van der Waals surface area contributed by atoms with Gasteiger partial charge in [0.2, 0.25) is 0 Å². The third-order valence-electron chi connectivity index (χ3n) is 7.96. The number of aromatic amines is 1. The molecule has 0 bridgehead atoms. The summed E-state index contributed by atoms with van der Waals surface area (Å²) in [6.45, 7) is 13.5. The second-order valence-electron chi connectivity index (χ2n) is 12.6. The van der Waals surface area contributed by atoms with Crippen molar-refractivity contribution >= 4 is 50.6 Å². The van der Waals surface area contributed by atoms with E-state index in [4.69, 9.17) is 19.6 Å². The van der Waals surface area contributed by atoms with Gasteiger partial charge in [0.05, 0.1) is 23.1 Å². The molecule has 1 N–H and O–H groups in total. The van der Waals surface area contributed by atoms with Crippen molar-refractivity contribution in [3.8, 4) is 22.6 Å². The van der Waals surface area contributed by atoms with E-state index in [-0.39, 0.29) is 12.3 Å². The number of ether oxygens (including phenoxy) is 2. The van der Waals surface area contributed by atoms with E-state index in [0.29, 0.717) is 13.1 Å². The number of H-pyrrole nitrogens is 1. The van der Waals surface area contributed by atoms with Crippen LogP contribution in [0.1, 0.15) is 77.7 Å². The Kier molecular flexibility index (Phi) is 11.0. The summed E-state index contributed by atoms with van der Waals surface area (Å²) in [6, 6.07) is 14.4. The topological polar surface area (TPSA) is 98.2 Å². The van der Waals surface area contributed by atoms with Crippen LogP contribution in [0.15, 0.2) is 54.9 Å². The fraction of sp³-hybridized carbons (Fsp3) is 0.444. The minimum atomic E-state index is -0.556. The summed E-state index contributed by atoms with van der Waals surface area (Å²) >= 11 is 2.35. The third kappa shape index (κ3) is 7.71. The van der Waals surface area contributed by atoms with E-state index in [0.717, 1.165) is 81.6 Å². The van der Waals surface area contributed by atoms with Gasteiger partial charge in [-0.3, -0.25) is 4.98 Å². The van der Waals surface area contributed by atoms with Gasteiger partial charge >= 0.3 is 6.09 Å². The molecule has 1 saturated heterocycles. The normalized spacial score (nSPS) is 15.1. The first-order valence-electron chi connectivity index (χ1n) is 16.2. The molecule has 46 heavy (non-hydrogen) atoms. The molecule has 0 spiro atoms. The van der Waals surface area contributed by atoms with E-state index in [1.807, 2.05) is 69.0 Å². The number of amides is 1. The fourth-order valence-corrected chi connectivity index (χ4v) is 5.54. The maximum Gasteiger partial charge on any atom is 0.410 e. The van der Waals surface area contributed by atoms with Crippen molar-refractivity contribution < 1.29 is 14.3 Å². The van der Waals surface area contributed by atoms with Gasteiger partial charge in [0, 0.05) is 36.5 Å². The maximum atomic E-state index is 12.8. The standard InChI is InChI=1S/C33H38N6O3.C3H7I/c1-6-38(32(40)42-33(3,4)5)20-23-18-34-19-25(21(23)2)22-14-15-28-24(17-22)30(37-39(28)29-13-9-10-16-41-29)31-35-26-11-7-8-12-27(26)36-31;1-2-3-4/h7-8,11-12,14-15,17-19,29H,6,9-10,13,16,20H2,1-5H3,(H,35,36);2-3H2,1H3. The highest BCUT2D eigenvalue weighted by Gasteiger charge is 2.25. The van der Waals surface area contributed by atoms with E-state index in [2.05, 4.69) is 64.6 Å². The third-order valence-corrected chi connectivity index (χ3v) is 9.04. The van der Waals surface area contributed by atoms with Crippen LogP contribution in [-0.4, -0.2) is 58.9 Å². The quantitative estimate of drug-likeness (QED) is 0.132. The number of benzene rings is 2. The van der Waals surface area contributed by atoms with Crippen molar-refractivity contribution in [3.63, 3.8) is 0 Å². The Balaban J connectivity index is 0.000000985. The Morgan fingerprint density at radius 3 is 2.61 bits per heavy atom. The Bertz CT molecular complexity index is 1750. The van der Waals surface area contributed by atoms with E-state index in [1.54, 1.807) is 4.90 Å². The average Bonchev–Trinajstić information content (AvgIpc) is 3.65. The molecule has 0 saturated carbocycles. The van der Waals surface area contributed by atoms with Crippen molar-refractivity contribution in [3.05, 3.63) is 66.0 Å². The van der Waals surface area contributed by atoms with Crippen LogP contribution in [0.2, 0.25) is 0 Å². The Hall–Kier alpha value is -3.51. The smallest absolute Gasteiger partial charge is 0.410 e. The van der Waals surface area contributed by atoms with Crippen molar-refractivity contribution in [1.82, 2.24) is 29.6 Å². The predicted octanol–water partition coefficient (Wildman–Crippen LogP) is 9.24. The number of nitrogens with one attached hydrogen (secondary N) is 1. The van der Waals surface area contributed by atoms with E-state index < -0.39 is 5.60 Å². The molecule has 6 rings (SSSR count). The highest BCUT2D eigenvalue weighted by atomic mass is 127. The summed E-state index contributed by atoms with van der Waals surface area (Å²) in [5.41, 5.74) is 7.19. The zero-order valence-corrected chi connectivity index (χ0v) is 29.9. The molecule has 3 aromatic heterocycles. The average molecular weight is 737 g/mol. The summed E-state index contributed by atoms with van der Waals surface area (Å²) in [4.78, 5) is 27.4. The largest absolute Gasteiger partial charge is 0.444 e. The number of aromatic nitrogens is 5. The fourth-order valence-electron chi connectivity index (χ4n) is 5.54. The number of hydrogen-bond donors (Lipinski definition) is 1. The minimum absolute atomic E-state index is 0.107. The van der Waals surface area contributed by atoms with Crippen molar-refractivity contribution in [1.29, 1.82) is 0 Å². The number of carbonyl (C=O) groups is 1. The number of nitrogens with zero attached hydrogens (tertiary/aromatic N) is 5. The van der Waals surface area contributed by atoms with Crippen molar-refractivity contribution in [2.24, 2.45) is 0 Å². The van der Waals surface area contributed by atoms with Gasteiger partial charge in [-0.25, -0.2) is 14.5 Å². The van der Waals surface area contributed by atoms with Gasteiger partial charge in [-0.15, -0.1) is 0 Å². The van der Waals surface area contributed by atoms with Crippen molar-refractivity contribution in [2.45, 2.75) is 85.6 Å². The van der Waals surface area contributed by atoms with Crippen LogP contribution >= 0.6 is 22.6 Å². The summed E-state index contributed by atoms with van der Waals surface area (Å²) < 4.78 is 15.1. The number of pyridine rings is 1. The van der Waals surface area contributed by atoms with Crippen LogP contribution in [0.25, 0.3) is 44.6 Å². The van der Waals surface area contributed by atoms with Crippen LogP contribution < -0.4 is 0 Å². The van der Waals surface area contributed by atoms with Crippen LogP contribution in [-0.2, 0) is 16.0 Å². The molecule has 9 nitrogen and oxygen atoms in total. The molecule has 1 aliphatic heterocycles. The number of imidazole rings is 1. The van der Waals surface area contributed by atoms with E-state index in [1.165, 1.54) is 10.8 Å². The molecule has 1 unspecified atom stereocenters. The van der Waals surface area contributed by atoms with Crippen LogP contribution in [0.4, 0.5) is 4.79 Å². The van der Waals surface area contributed by atoms with Gasteiger partial charge in [0.25, 0.3) is 0 Å². The van der Waals surface area contributed by atoms with Gasteiger partial charge in [-0.05, 0) is 106 Å². The molecule has 244 valence electrons. The van der Waals surface area contributed by atoms with Crippen LogP contribution in [0.3, 0.4) is 0 Å². The number of hydrogen-bond acceptors (Lipinski definition) is 6. The predicted molar refractivity (Wildman–Crippen MR) is 193 cm³/mol. The van der Waals surface area contributed by atoms with Gasteiger partial charge in [-0.1, -0.05) is 47.7 Å². The van der Waals surface area contributed by atoms with Gasteiger partial charge in [0.1, 0.15) is 11.3 Å². The number of halogens is 1. The molecule has 0 radical (unpaired) electrons. The Labute approximate surface area is 285 Å². The molecule has 4 heterocycles. The number of alkyl halides is 1. The van der Waals surface area contributed by atoms with E-state index >= 15 is 0 Å². The van der Waals surface area contributed by atoms with E-state index in [9.17, 15) is 4.79 Å². The molecule has 1 fully saturated rings.